The minimum Gasteiger partial charge on any atom is -0.388 e. The Kier molecular flexibility index (Phi) is 3.72. The van der Waals surface area contributed by atoms with E-state index in [9.17, 15) is 18.5 Å². The topological polar surface area (TPSA) is 101 Å². The van der Waals surface area contributed by atoms with Gasteiger partial charge in [-0.05, 0) is 25.0 Å². The van der Waals surface area contributed by atoms with Crippen LogP contribution < -0.4 is 10.0 Å². The van der Waals surface area contributed by atoms with E-state index < -0.39 is 20.6 Å². The van der Waals surface area contributed by atoms with Crippen LogP contribution in [0, 0.1) is 10.1 Å². The lowest BCUT2D eigenvalue weighted by Gasteiger charge is -2.25. The van der Waals surface area contributed by atoms with Crippen LogP contribution in [-0.4, -0.2) is 26.4 Å². The summed E-state index contributed by atoms with van der Waals surface area (Å²) in [5.41, 5.74) is 0.0768. The zero-order valence-electron chi connectivity index (χ0n) is 10.4. The first kappa shape index (κ1) is 13.8. The highest BCUT2D eigenvalue weighted by Crippen LogP contribution is 2.28. The van der Waals surface area contributed by atoms with Crippen molar-refractivity contribution in [3.05, 3.63) is 28.3 Å². The molecule has 1 fully saturated rings. The monoisotopic (exact) mass is 285 g/mol. The smallest absolute Gasteiger partial charge is 0.291 e. The molecule has 19 heavy (non-hydrogen) atoms. The average molecular weight is 285 g/mol. The van der Waals surface area contributed by atoms with Crippen LogP contribution in [-0.2, 0) is 10.0 Å². The fourth-order valence-corrected chi connectivity index (χ4v) is 3.31. The Morgan fingerprint density at radius 2 is 2.05 bits per heavy atom. The van der Waals surface area contributed by atoms with Gasteiger partial charge in [-0.2, -0.15) is 0 Å². The van der Waals surface area contributed by atoms with Gasteiger partial charge in [0.15, 0.2) is 4.90 Å². The molecule has 0 spiro atoms. The van der Waals surface area contributed by atoms with Crippen LogP contribution in [0.2, 0.25) is 0 Å². The second-order valence-corrected chi connectivity index (χ2v) is 6.12. The number of nitro benzene ring substituents is 1. The number of benzene rings is 1. The number of nitro groups is 1. The van der Waals surface area contributed by atoms with Crippen LogP contribution >= 0.6 is 0 Å². The zero-order chi connectivity index (χ0) is 14.0. The van der Waals surface area contributed by atoms with Gasteiger partial charge in [0, 0.05) is 24.8 Å². The van der Waals surface area contributed by atoms with Gasteiger partial charge in [0.1, 0.15) is 0 Å². The Bertz CT molecular complexity index is 596. The summed E-state index contributed by atoms with van der Waals surface area (Å²) < 4.78 is 26.7. The molecular weight excluding hydrogens is 270 g/mol. The minimum absolute atomic E-state index is 0.103. The van der Waals surface area contributed by atoms with E-state index in [1.165, 1.54) is 18.2 Å². The first-order valence-electron chi connectivity index (χ1n) is 5.92. The van der Waals surface area contributed by atoms with Crippen molar-refractivity contribution < 1.29 is 13.3 Å². The first-order valence-corrected chi connectivity index (χ1v) is 7.41. The summed E-state index contributed by atoms with van der Waals surface area (Å²) >= 11 is 0. The maximum Gasteiger partial charge on any atom is 0.291 e. The van der Waals surface area contributed by atoms with E-state index in [2.05, 4.69) is 10.0 Å². The Labute approximate surface area is 111 Å². The molecule has 7 nitrogen and oxygen atoms in total. The molecule has 2 rings (SSSR count). The van der Waals surface area contributed by atoms with Crippen LogP contribution in [0.15, 0.2) is 23.1 Å². The van der Waals surface area contributed by atoms with Gasteiger partial charge in [0.25, 0.3) is 5.69 Å². The van der Waals surface area contributed by atoms with Crippen LogP contribution in [0.5, 0.6) is 0 Å². The molecule has 1 aliphatic rings. The van der Waals surface area contributed by atoms with Crippen molar-refractivity contribution in [2.45, 2.75) is 30.2 Å². The molecule has 0 bridgehead atoms. The van der Waals surface area contributed by atoms with E-state index in [0.717, 1.165) is 19.3 Å². The maximum atomic E-state index is 12.1. The fourth-order valence-electron chi connectivity index (χ4n) is 1.85. The highest BCUT2D eigenvalue weighted by molar-refractivity contribution is 7.89. The second kappa shape index (κ2) is 5.14. The van der Waals surface area contributed by atoms with Crippen LogP contribution in [0.1, 0.15) is 19.3 Å². The lowest BCUT2D eigenvalue weighted by molar-refractivity contribution is -0.387. The molecule has 0 atom stereocenters. The lowest BCUT2D eigenvalue weighted by atomic mass is 9.94. The summed E-state index contributed by atoms with van der Waals surface area (Å²) in [4.78, 5) is 10.0. The van der Waals surface area contributed by atoms with E-state index in [-0.39, 0.29) is 10.9 Å². The van der Waals surface area contributed by atoms with E-state index in [0.29, 0.717) is 5.69 Å². The predicted molar refractivity (Wildman–Crippen MR) is 70.6 cm³/mol. The minimum atomic E-state index is -3.84. The zero-order valence-corrected chi connectivity index (χ0v) is 11.2. The van der Waals surface area contributed by atoms with E-state index in [1.807, 2.05) is 0 Å². The summed E-state index contributed by atoms with van der Waals surface area (Å²) in [5, 5.41) is 13.7. The SMILES string of the molecule is CNc1ccc(S(=O)(=O)NC2CCC2)c([N+](=O)[O-])c1. The molecule has 1 saturated carbocycles. The molecular formula is C11H15N3O4S. The van der Waals surface area contributed by atoms with Crippen molar-refractivity contribution in [3.63, 3.8) is 0 Å². The van der Waals surface area contributed by atoms with Gasteiger partial charge < -0.3 is 5.32 Å². The maximum absolute atomic E-state index is 12.1. The van der Waals surface area contributed by atoms with Gasteiger partial charge >= 0.3 is 0 Å². The number of nitrogens with one attached hydrogen (secondary N) is 2. The number of sulfonamides is 1. The Morgan fingerprint density at radius 1 is 1.37 bits per heavy atom. The summed E-state index contributed by atoms with van der Waals surface area (Å²) in [6, 6.07) is 3.87. The summed E-state index contributed by atoms with van der Waals surface area (Å²) in [5.74, 6) is 0. The summed E-state index contributed by atoms with van der Waals surface area (Å²) in [6.45, 7) is 0. The van der Waals surface area contributed by atoms with Crippen LogP contribution in [0.3, 0.4) is 0 Å². The summed E-state index contributed by atoms with van der Waals surface area (Å²) in [7, 11) is -2.23. The molecule has 0 radical (unpaired) electrons. The van der Waals surface area contributed by atoms with Gasteiger partial charge in [-0.3, -0.25) is 10.1 Å². The van der Waals surface area contributed by atoms with Crippen LogP contribution in [0.4, 0.5) is 11.4 Å². The highest BCUT2D eigenvalue weighted by atomic mass is 32.2. The highest BCUT2D eigenvalue weighted by Gasteiger charge is 2.30. The van der Waals surface area contributed by atoms with Crippen LogP contribution in [0.25, 0.3) is 0 Å². The summed E-state index contributed by atoms with van der Waals surface area (Å²) in [6.07, 6.45) is 2.54. The molecule has 1 aliphatic carbocycles. The molecule has 104 valence electrons. The van der Waals surface area contributed by atoms with Crippen molar-refractivity contribution >= 4 is 21.4 Å². The molecule has 0 heterocycles. The number of nitrogens with zero attached hydrogens (tertiary/aromatic N) is 1. The molecule has 8 heteroatoms. The van der Waals surface area contributed by atoms with Crippen molar-refractivity contribution in [3.8, 4) is 0 Å². The largest absolute Gasteiger partial charge is 0.388 e. The molecule has 1 aromatic rings. The van der Waals surface area contributed by atoms with Crippen molar-refractivity contribution in [1.82, 2.24) is 4.72 Å². The second-order valence-electron chi connectivity index (χ2n) is 4.44. The third kappa shape index (κ3) is 2.85. The molecule has 2 N–H and O–H groups in total. The lowest BCUT2D eigenvalue weighted by Crippen LogP contribution is -2.39. The van der Waals surface area contributed by atoms with E-state index >= 15 is 0 Å². The van der Waals surface area contributed by atoms with Gasteiger partial charge in [-0.15, -0.1) is 0 Å². The van der Waals surface area contributed by atoms with Crippen molar-refractivity contribution in [2.75, 3.05) is 12.4 Å². The number of hydrogen-bond acceptors (Lipinski definition) is 5. The number of hydrogen-bond donors (Lipinski definition) is 2. The third-order valence-corrected chi connectivity index (χ3v) is 4.73. The molecule has 0 aliphatic heterocycles. The Hall–Kier alpha value is -1.67. The third-order valence-electron chi connectivity index (χ3n) is 3.16. The Balaban J connectivity index is 2.39. The first-order chi connectivity index (χ1) is 8.94. The Morgan fingerprint density at radius 3 is 2.53 bits per heavy atom. The number of rotatable bonds is 5. The predicted octanol–water partition coefficient (Wildman–Crippen LogP) is 1.47. The fraction of sp³-hybridized carbons (Fsp3) is 0.455. The average Bonchev–Trinajstić information content (AvgIpc) is 2.33. The van der Waals surface area contributed by atoms with Gasteiger partial charge in [-0.1, -0.05) is 6.42 Å². The van der Waals surface area contributed by atoms with Gasteiger partial charge in [0.2, 0.25) is 10.0 Å². The molecule has 1 aromatic carbocycles. The van der Waals surface area contributed by atoms with Crippen molar-refractivity contribution in [2.24, 2.45) is 0 Å². The molecule has 0 aromatic heterocycles. The normalized spacial score (nSPS) is 15.8. The standard InChI is InChI=1S/C11H15N3O4S/c1-12-9-5-6-11(10(7-9)14(15)16)19(17,18)13-8-3-2-4-8/h5-8,12-13H,2-4H2,1H3. The van der Waals surface area contributed by atoms with Gasteiger partial charge in [-0.25, -0.2) is 13.1 Å². The van der Waals surface area contributed by atoms with E-state index in [1.54, 1.807) is 7.05 Å². The quantitative estimate of drug-likeness (QED) is 0.630. The molecule has 0 saturated heterocycles. The van der Waals surface area contributed by atoms with E-state index in [4.69, 9.17) is 0 Å². The molecule has 0 amide bonds. The number of anilines is 1. The van der Waals surface area contributed by atoms with Crippen molar-refractivity contribution in [1.29, 1.82) is 0 Å². The van der Waals surface area contributed by atoms with Gasteiger partial charge in [0.05, 0.1) is 4.92 Å². The molecule has 0 unspecified atom stereocenters.